The molecule has 0 spiro atoms. The van der Waals surface area contributed by atoms with Gasteiger partial charge in [0.1, 0.15) is 0 Å². The van der Waals surface area contributed by atoms with Crippen LogP contribution >= 0.6 is 11.9 Å². The summed E-state index contributed by atoms with van der Waals surface area (Å²) in [6.07, 6.45) is 1.70. The van der Waals surface area contributed by atoms with Crippen LogP contribution in [0.15, 0.2) is 11.1 Å². The fourth-order valence-corrected chi connectivity index (χ4v) is 1.48. The molecule has 0 aromatic carbocycles. The van der Waals surface area contributed by atoms with E-state index in [0.717, 1.165) is 4.91 Å². The van der Waals surface area contributed by atoms with Gasteiger partial charge in [0.2, 0.25) is 0 Å². The van der Waals surface area contributed by atoms with Crippen LogP contribution in [0.1, 0.15) is 6.92 Å². The molecule has 1 aliphatic heterocycles. The van der Waals surface area contributed by atoms with E-state index in [0.29, 0.717) is 0 Å². The van der Waals surface area contributed by atoms with Gasteiger partial charge in [0, 0.05) is 22.4 Å². The summed E-state index contributed by atoms with van der Waals surface area (Å²) < 4.78 is 21.4. The third kappa shape index (κ3) is 2.27. The summed E-state index contributed by atoms with van der Waals surface area (Å²) in [6, 6.07) is 0. The zero-order valence-corrected chi connectivity index (χ0v) is 6.79. The van der Waals surface area contributed by atoms with Gasteiger partial charge in [-0.1, -0.05) is 4.52 Å². The fraction of sp³-hybridized carbons (Fsp3) is 0.333. The molecule has 1 atom stereocenters. The highest BCUT2D eigenvalue weighted by Gasteiger charge is 2.09. The minimum absolute atomic E-state index is 0.998. The highest BCUT2D eigenvalue weighted by molar-refractivity contribution is 8.01. The Hall–Kier alpha value is -0.0800. The van der Waals surface area contributed by atoms with E-state index in [2.05, 4.69) is 10.3 Å². The van der Waals surface area contributed by atoms with Crippen LogP contribution < -0.4 is 10.3 Å². The topological polar surface area (TPSA) is 67.4 Å². The van der Waals surface area contributed by atoms with E-state index >= 15 is 0 Å². The first-order valence-corrected chi connectivity index (χ1v) is 4.30. The number of hydrogen-bond donors (Lipinski definition) is 2. The van der Waals surface area contributed by atoms with Gasteiger partial charge in [0.15, 0.2) is 0 Å². The Balaban J connectivity index is 2.29. The number of allylic oxidation sites excluding steroid dienone is 1. The molecule has 1 aliphatic rings. The van der Waals surface area contributed by atoms with Crippen molar-refractivity contribution in [3.8, 4) is 0 Å². The summed E-state index contributed by atoms with van der Waals surface area (Å²) in [5, 5.41) is 0. The third-order valence-corrected chi connectivity index (χ3v) is 2.01. The molecule has 0 bridgehead atoms. The van der Waals surface area contributed by atoms with Crippen LogP contribution in [-0.2, 0) is 11.3 Å². The maximum atomic E-state index is 10.0. The lowest BCUT2D eigenvalue weighted by Crippen LogP contribution is -2.38. The Morgan fingerprint density at radius 1 is 2.00 bits per heavy atom. The Morgan fingerprint density at radius 3 is 3.10 bits per heavy atom. The molecular weight excluding hydrogens is 174 g/mol. The second kappa shape index (κ2) is 3.35. The van der Waals surface area contributed by atoms with Gasteiger partial charge in [-0.3, -0.25) is 4.21 Å². The van der Waals surface area contributed by atoms with Crippen LogP contribution in [-0.4, -0.2) is 13.3 Å². The summed E-state index contributed by atoms with van der Waals surface area (Å²) in [5.41, 5.74) is 2.67. The van der Waals surface area contributed by atoms with Crippen molar-refractivity contribution in [2.75, 3.05) is 0 Å². The smallest absolute Gasteiger partial charge is 0.0349 e. The molecule has 2 N–H and O–H groups in total. The predicted molar refractivity (Wildman–Crippen MR) is 38.4 cm³/mol. The van der Waals surface area contributed by atoms with Crippen LogP contribution in [0, 0.1) is 0 Å². The van der Waals surface area contributed by atoms with Crippen molar-refractivity contribution in [1.29, 1.82) is 0 Å². The van der Waals surface area contributed by atoms with Gasteiger partial charge in [-0.25, -0.2) is 0 Å². The molecule has 0 saturated carbocycles. The van der Waals surface area contributed by atoms with Crippen LogP contribution in [0.25, 0.3) is 0 Å². The largest absolute Gasteiger partial charge is 0.759 e. The molecule has 0 radical (unpaired) electrons. The van der Waals surface area contributed by atoms with Crippen LogP contribution in [0.5, 0.6) is 0 Å². The van der Waals surface area contributed by atoms with Crippen LogP contribution in [0.3, 0.4) is 0 Å². The Bertz CT molecular complexity index is 183. The molecule has 1 rings (SSSR count). The first-order valence-electron chi connectivity index (χ1n) is 2.45. The standard InChI is InChI=1S/C3H7N3O2S2/c1-3-2-4-6(9-3)5-10(7)8/h2,4-5H,1H3,(H,7,8)/p-1. The summed E-state index contributed by atoms with van der Waals surface area (Å²) in [5.74, 6) is 0. The monoisotopic (exact) mass is 180 g/mol. The van der Waals surface area contributed by atoms with Crippen molar-refractivity contribution in [2.24, 2.45) is 0 Å². The Labute approximate surface area is 65.3 Å². The van der Waals surface area contributed by atoms with Crippen molar-refractivity contribution in [3.05, 3.63) is 11.1 Å². The quantitative estimate of drug-likeness (QED) is 0.447. The van der Waals surface area contributed by atoms with E-state index in [1.807, 2.05) is 6.92 Å². The molecule has 0 aliphatic carbocycles. The van der Waals surface area contributed by atoms with E-state index in [4.69, 9.17) is 0 Å². The number of rotatable bonds is 2. The number of hydrazine groups is 2. The average molecular weight is 180 g/mol. The predicted octanol–water partition coefficient (Wildman–Crippen LogP) is -0.385. The summed E-state index contributed by atoms with van der Waals surface area (Å²) in [4.78, 5) is 3.12. The number of hydrogen-bond acceptors (Lipinski definition) is 5. The first kappa shape index (κ1) is 8.02. The van der Waals surface area contributed by atoms with Crippen LogP contribution in [0.2, 0.25) is 0 Å². The molecule has 7 heteroatoms. The molecule has 0 amide bonds. The molecule has 58 valence electrons. The maximum Gasteiger partial charge on any atom is 0.0349 e. The van der Waals surface area contributed by atoms with Crippen LogP contribution in [0.4, 0.5) is 0 Å². The molecule has 5 nitrogen and oxygen atoms in total. The zero-order chi connectivity index (χ0) is 7.56. The lowest BCUT2D eigenvalue weighted by atomic mass is 10.7. The normalized spacial score (nSPS) is 22.0. The number of nitrogens with one attached hydrogen (secondary N) is 2. The summed E-state index contributed by atoms with van der Waals surface area (Å²) in [7, 11) is 0. The second-order valence-electron chi connectivity index (χ2n) is 1.60. The lowest BCUT2D eigenvalue weighted by molar-refractivity contribution is 0.367. The minimum Gasteiger partial charge on any atom is -0.759 e. The SMILES string of the molecule is CC1=CNN(NS(=O)[O-])S1. The van der Waals surface area contributed by atoms with E-state index in [9.17, 15) is 8.76 Å². The molecule has 0 fully saturated rings. The van der Waals surface area contributed by atoms with Gasteiger partial charge >= 0.3 is 0 Å². The molecule has 0 aromatic rings. The molecule has 0 aromatic heterocycles. The van der Waals surface area contributed by atoms with Gasteiger partial charge < -0.3 is 9.98 Å². The average Bonchev–Trinajstić information content (AvgIpc) is 2.13. The molecular formula is C3H6N3O2S2-. The Morgan fingerprint density at radius 2 is 2.70 bits per heavy atom. The van der Waals surface area contributed by atoms with Crippen molar-refractivity contribution in [1.82, 2.24) is 14.8 Å². The second-order valence-corrected chi connectivity index (χ2v) is 3.44. The van der Waals surface area contributed by atoms with E-state index in [1.54, 1.807) is 6.20 Å². The van der Waals surface area contributed by atoms with Gasteiger partial charge in [-0.15, -0.1) is 0 Å². The van der Waals surface area contributed by atoms with Crippen molar-refractivity contribution in [2.45, 2.75) is 6.92 Å². The van der Waals surface area contributed by atoms with Gasteiger partial charge in [-0.2, -0.15) is 4.83 Å². The summed E-state index contributed by atoms with van der Waals surface area (Å²) in [6.45, 7) is 1.87. The summed E-state index contributed by atoms with van der Waals surface area (Å²) >= 11 is -0.988. The number of nitrogens with zero attached hydrogens (tertiary/aromatic N) is 1. The zero-order valence-electron chi connectivity index (χ0n) is 5.16. The van der Waals surface area contributed by atoms with E-state index < -0.39 is 11.3 Å². The fourth-order valence-electron chi connectivity index (χ4n) is 0.459. The highest BCUT2D eigenvalue weighted by Crippen LogP contribution is 2.20. The molecule has 10 heavy (non-hydrogen) atoms. The molecule has 0 saturated heterocycles. The van der Waals surface area contributed by atoms with Crippen molar-refractivity contribution >= 4 is 23.2 Å². The maximum absolute atomic E-state index is 10.0. The van der Waals surface area contributed by atoms with Crippen molar-refractivity contribution in [3.63, 3.8) is 0 Å². The third-order valence-electron chi connectivity index (χ3n) is 0.778. The highest BCUT2D eigenvalue weighted by atomic mass is 32.2. The van der Waals surface area contributed by atoms with Gasteiger partial charge in [0.25, 0.3) is 0 Å². The van der Waals surface area contributed by atoms with Gasteiger partial charge in [0.05, 0.1) is 0 Å². The van der Waals surface area contributed by atoms with E-state index in [1.165, 1.54) is 16.5 Å². The van der Waals surface area contributed by atoms with Gasteiger partial charge in [-0.05, 0) is 18.9 Å². The Kier molecular flexibility index (Phi) is 2.69. The minimum atomic E-state index is -2.26. The first-order chi connectivity index (χ1) is 4.68. The molecule has 1 unspecified atom stereocenters. The molecule has 1 heterocycles. The lowest BCUT2D eigenvalue weighted by Gasteiger charge is -2.16. The van der Waals surface area contributed by atoms with E-state index in [-0.39, 0.29) is 0 Å². The van der Waals surface area contributed by atoms with Crippen molar-refractivity contribution < 1.29 is 8.76 Å².